The Balaban J connectivity index is 1.71. The molecule has 4 rings (SSSR count). The predicted molar refractivity (Wildman–Crippen MR) is 105 cm³/mol. The van der Waals surface area contributed by atoms with Crippen LogP contribution < -0.4 is 9.47 Å². The maximum absolute atomic E-state index is 13.0. The van der Waals surface area contributed by atoms with Crippen molar-refractivity contribution in [1.82, 2.24) is 0 Å². The molecule has 0 aromatic heterocycles. The van der Waals surface area contributed by atoms with Crippen LogP contribution in [0.25, 0.3) is 0 Å². The third-order valence-corrected chi connectivity index (χ3v) is 7.27. The summed E-state index contributed by atoms with van der Waals surface area (Å²) in [6.45, 7) is 4.80. The normalized spacial score (nSPS) is 32.6. The Bertz CT molecular complexity index is 874. The highest BCUT2D eigenvalue weighted by Gasteiger charge is 2.59. The highest BCUT2D eigenvalue weighted by atomic mass is 16.5. The second kappa shape index (κ2) is 7.15. The summed E-state index contributed by atoms with van der Waals surface area (Å²) < 4.78 is 16.3. The Hall–Kier alpha value is -2.37. The highest BCUT2D eigenvalue weighted by molar-refractivity contribution is 5.93. The number of carbonyl (C=O) groups is 3. The van der Waals surface area contributed by atoms with E-state index < -0.39 is 17.5 Å². The predicted octanol–water partition coefficient (Wildman–Crippen LogP) is 3.59. The number of fused-ring (bicyclic) bond motifs is 5. The number of Topliss-reactive ketones (excluding diaryl/α,β-unsaturated/α-hetero) is 1. The van der Waals surface area contributed by atoms with Gasteiger partial charge in [0.1, 0.15) is 11.5 Å². The van der Waals surface area contributed by atoms with Crippen LogP contribution in [0.4, 0.5) is 0 Å². The molecular formula is C23H28O6. The second-order valence-corrected chi connectivity index (χ2v) is 8.86. The van der Waals surface area contributed by atoms with Crippen molar-refractivity contribution in [1.29, 1.82) is 0 Å². The molecule has 0 aliphatic heterocycles. The van der Waals surface area contributed by atoms with Gasteiger partial charge in [-0.3, -0.25) is 14.4 Å². The maximum Gasteiger partial charge on any atom is 0.308 e. The van der Waals surface area contributed by atoms with Crippen LogP contribution in [-0.4, -0.2) is 30.9 Å². The van der Waals surface area contributed by atoms with Gasteiger partial charge in [-0.15, -0.1) is 0 Å². The average molecular weight is 400 g/mol. The highest BCUT2D eigenvalue weighted by Crippen LogP contribution is 2.61. The lowest BCUT2D eigenvalue weighted by Crippen LogP contribution is -2.43. The monoisotopic (exact) mass is 400 g/mol. The topological polar surface area (TPSA) is 78.9 Å². The number of aryl methyl sites for hydroxylation is 1. The lowest BCUT2D eigenvalue weighted by Gasteiger charge is -2.48. The minimum atomic E-state index is -0.633. The number of ketones is 1. The molecule has 29 heavy (non-hydrogen) atoms. The first-order chi connectivity index (χ1) is 13.7. The second-order valence-electron chi connectivity index (χ2n) is 8.86. The van der Waals surface area contributed by atoms with Crippen molar-refractivity contribution >= 4 is 17.7 Å². The molecule has 6 heteroatoms. The van der Waals surface area contributed by atoms with Gasteiger partial charge in [0, 0.05) is 30.9 Å². The van der Waals surface area contributed by atoms with E-state index in [1.165, 1.54) is 13.8 Å². The SMILES string of the molecule is COc1cc2c(c(OC(C)=O)c1)[C@H]1CC[C@]3(C)C(=O)[C@@H](OC(C)=O)C[C@H]3[C@@H]1CC2. The number of carbonyl (C=O) groups excluding carboxylic acids is 3. The molecule has 5 atom stereocenters. The van der Waals surface area contributed by atoms with Crippen LogP contribution in [-0.2, 0) is 25.5 Å². The molecule has 0 spiro atoms. The number of rotatable bonds is 3. The number of hydrogen-bond acceptors (Lipinski definition) is 6. The van der Waals surface area contributed by atoms with Gasteiger partial charge in [0.05, 0.1) is 7.11 Å². The molecule has 2 fully saturated rings. The third kappa shape index (κ3) is 3.22. The first kappa shape index (κ1) is 19.9. The van der Waals surface area contributed by atoms with Crippen molar-refractivity contribution in [2.45, 2.75) is 64.9 Å². The maximum atomic E-state index is 13.0. The molecule has 0 bridgehead atoms. The summed E-state index contributed by atoms with van der Waals surface area (Å²) in [5.74, 6) is 1.26. The van der Waals surface area contributed by atoms with Crippen molar-refractivity contribution in [2.24, 2.45) is 17.3 Å². The summed E-state index contributed by atoms with van der Waals surface area (Å²) in [5, 5.41) is 0. The summed E-state index contributed by atoms with van der Waals surface area (Å²) in [4.78, 5) is 36.2. The molecular weight excluding hydrogens is 372 g/mol. The standard InChI is InChI=1S/C23H28O6/c1-12(24)28-19-10-15(27-4)9-14-5-6-16-17(21(14)19)7-8-23(3)18(16)11-20(22(23)26)29-13(2)25/h9-10,16-18,20H,5-8,11H2,1-4H3/t16-,17+,18+,20+,23+/m1/s1. The van der Waals surface area contributed by atoms with Gasteiger partial charge >= 0.3 is 11.9 Å². The lowest BCUT2D eigenvalue weighted by molar-refractivity contribution is -0.153. The quantitative estimate of drug-likeness (QED) is 0.570. The number of benzene rings is 1. The molecule has 0 amide bonds. The van der Waals surface area contributed by atoms with E-state index in [4.69, 9.17) is 14.2 Å². The van der Waals surface area contributed by atoms with E-state index in [0.29, 0.717) is 23.8 Å². The first-order valence-electron chi connectivity index (χ1n) is 10.4. The Labute approximate surface area is 170 Å². The first-order valence-corrected chi connectivity index (χ1v) is 10.4. The van der Waals surface area contributed by atoms with Gasteiger partial charge in [-0.05, 0) is 61.5 Å². The van der Waals surface area contributed by atoms with Crippen LogP contribution in [0.2, 0.25) is 0 Å². The van der Waals surface area contributed by atoms with E-state index >= 15 is 0 Å². The van der Waals surface area contributed by atoms with Gasteiger partial charge in [-0.2, -0.15) is 0 Å². The molecule has 0 unspecified atom stereocenters. The van der Waals surface area contributed by atoms with Gasteiger partial charge in [0.15, 0.2) is 11.9 Å². The number of esters is 2. The van der Waals surface area contributed by atoms with Crippen molar-refractivity contribution in [2.75, 3.05) is 7.11 Å². The minimum Gasteiger partial charge on any atom is -0.497 e. The third-order valence-electron chi connectivity index (χ3n) is 7.27. The van der Waals surface area contributed by atoms with Crippen LogP contribution in [0.5, 0.6) is 11.5 Å². The minimum absolute atomic E-state index is 0.0666. The van der Waals surface area contributed by atoms with E-state index in [0.717, 1.165) is 36.8 Å². The summed E-state index contributed by atoms with van der Waals surface area (Å²) >= 11 is 0. The summed E-state index contributed by atoms with van der Waals surface area (Å²) in [6, 6.07) is 3.83. The molecule has 1 aromatic rings. The van der Waals surface area contributed by atoms with Crippen molar-refractivity contribution in [3.05, 3.63) is 23.3 Å². The molecule has 0 heterocycles. The van der Waals surface area contributed by atoms with Crippen molar-refractivity contribution in [3.63, 3.8) is 0 Å². The van der Waals surface area contributed by atoms with Crippen molar-refractivity contribution < 1.29 is 28.6 Å². The molecule has 0 saturated heterocycles. The fourth-order valence-corrected chi connectivity index (χ4v) is 6.08. The lowest BCUT2D eigenvalue weighted by atomic mass is 9.55. The van der Waals surface area contributed by atoms with E-state index in [2.05, 4.69) is 0 Å². The van der Waals surface area contributed by atoms with Gasteiger partial charge in [0.2, 0.25) is 0 Å². The largest absolute Gasteiger partial charge is 0.497 e. The zero-order valence-electron chi connectivity index (χ0n) is 17.4. The Kier molecular flexibility index (Phi) is 4.91. The van der Waals surface area contributed by atoms with E-state index in [-0.39, 0.29) is 23.6 Å². The van der Waals surface area contributed by atoms with Gasteiger partial charge in [-0.1, -0.05) is 6.92 Å². The van der Waals surface area contributed by atoms with Gasteiger partial charge in [0.25, 0.3) is 0 Å². The van der Waals surface area contributed by atoms with Gasteiger partial charge < -0.3 is 14.2 Å². The number of ether oxygens (including phenoxy) is 3. The molecule has 0 N–H and O–H groups in total. The van der Waals surface area contributed by atoms with Crippen LogP contribution in [0, 0.1) is 17.3 Å². The number of methoxy groups -OCH3 is 1. The van der Waals surface area contributed by atoms with Crippen LogP contribution in [0.3, 0.4) is 0 Å². The summed E-state index contributed by atoms with van der Waals surface area (Å²) in [6.07, 6.45) is 3.37. The van der Waals surface area contributed by atoms with E-state index in [1.54, 1.807) is 13.2 Å². The summed E-state index contributed by atoms with van der Waals surface area (Å²) in [7, 11) is 1.61. The van der Waals surface area contributed by atoms with Gasteiger partial charge in [-0.25, -0.2) is 0 Å². The molecule has 3 aliphatic rings. The molecule has 6 nitrogen and oxygen atoms in total. The Morgan fingerprint density at radius 1 is 1.14 bits per heavy atom. The van der Waals surface area contributed by atoms with Crippen LogP contribution in [0.15, 0.2) is 12.1 Å². The summed E-state index contributed by atoms with van der Waals surface area (Å²) in [5.41, 5.74) is 1.79. The molecule has 1 aromatic carbocycles. The molecule has 156 valence electrons. The molecule has 0 radical (unpaired) electrons. The number of hydrogen-bond donors (Lipinski definition) is 0. The fraction of sp³-hybridized carbons (Fsp3) is 0.609. The smallest absolute Gasteiger partial charge is 0.308 e. The van der Waals surface area contributed by atoms with E-state index in [1.807, 2.05) is 13.0 Å². The van der Waals surface area contributed by atoms with Crippen LogP contribution in [0.1, 0.15) is 63.5 Å². The Morgan fingerprint density at radius 2 is 1.90 bits per heavy atom. The average Bonchev–Trinajstić information content (AvgIpc) is 2.91. The zero-order valence-corrected chi connectivity index (χ0v) is 17.4. The fourth-order valence-electron chi connectivity index (χ4n) is 6.08. The molecule has 2 saturated carbocycles. The zero-order chi connectivity index (χ0) is 20.9. The van der Waals surface area contributed by atoms with E-state index in [9.17, 15) is 14.4 Å². The molecule has 3 aliphatic carbocycles. The van der Waals surface area contributed by atoms with Crippen molar-refractivity contribution in [3.8, 4) is 11.5 Å². The van der Waals surface area contributed by atoms with Crippen LogP contribution >= 0.6 is 0 Å². The Morgan fingerprint density at radius 3 is 2.55 bits per heavy atom.